The molecule has 0 saturated heterocycles. The molecule has 1 aromatic heterocycles. The topological polar surface area (TPSA) is 65.2 Å². The van der Waals surface area contributed by atoms with Gasteiger partial charge in [-0.05, 0) is 25.5 Å². The highest BCUT2D eigenvalue weighted by Crippen LogP contribution is 2.14. The quantitative estimate of drug-likeness (QED) is 0.721. The van der Waals surface area contributed by atoms with E-state index in [2.05, 4.69) is 9.72 Å². The monoisotopic (exact) mass is 210 g/mol. The Hall–Kier alpha value is -1.58. The van der Waals surface area contributed by atoms with Crippen LogP contribution in [-0.4, -0.2) is 18.1 Å². The fourth-order valence-electron chi connectivity index (χ4n) is 1.04. The predicted molar refractivity (Wildman–Crippen MR) is 60.8 cm³/mol. The lowest BCUT2D eigenvalue weighted by molar-refractivity contribution is 0.0599. The van der Waals surface area contributed by atoms with Gasteiger partial charge in [0.15, 0.2) is 0 Å². The normalized spacial score (nSPS) is 8.87. The smallest absolute Gasteiger partial charge is 0.339 e. The van der Waals surface area contributed by atoms with Crippen LogP contribution in [0.25, 0.3) is 0 Å². The maximum absolute atomic E-state index is 11.2. The summed E-state index contributed by atoms with van der Waals surface area (Å²) in [5, 5.41) is 0. The summed E-state index contributed by atoms with van der Waals surface area (Å²) >= 11 is 0. The lowest BCUT2D eigenvalue weighted by Crippen LogP contribution is -2.08. The number of nitrogen functional groups attached to an aromatic ring is 1. The van der Waals surface area contributed by atoms with Gasteiger partial charge in [-0.2, -0.15) is 0 Å². The molecule has 0 aliphatic rings. The first-order chi connectivity index (χ1) is 7.06. The molecule has 1 aromatic rings. The van der Waals surface area contributed by atoms with Crippen molar-refractivity contribution in [2.75, 3.05) is 12.8 Å². The molecule has 84 valence electrons. The number of anilines is 1. The van der Waals surface area contributed by atoms with E-state index in [9.17, 15) is 4.79 Å². The van der Waals surface area contributed by atoms with Crippen molar-refractivity contribution in [3.8, 4) is 0 Å². The van der Waals surface area contributed by atoms with Crippen LogP contribution in [0.3, 0.4) is 0 Å². The molecular formula is C11H18N2O2. The number of rotatable bonds is 1. The molecule has 15 heavy (non-hydrogen) atoms. The number of hydrogen-bond acceptors (Lipinski definition) is 4. The van der Waals surface area contributed by atoms with Crippen molar-refractivity contribution >= 4 is 11.8 Å². The van der Waals surface area contributed by atoms with Crippen LogP contribution in [0.1, 0.15) is 35.5 Å². The number of aryl methyl sites for hydroxylation is 2. The van der Waals surface area contributed by atoms with Crippen molar-refractivity contribution in [3.63, 3.8) is 0 Å². The summed E-state index contributed by atoms with van der Waals surface area (Å²) in [7, 11) is 1.34. The van der Waals surface area contributed by atoms with Gasteiger partial charge >= 0.3 is 5.97 Å². The summed E-state index contributed by atoms with van der Waals surface area (Å²) in [5.41, 5.74) is 7.41. The van der Waals surface area contributed by atoms with Crippen molar-refractivity contribution in [2.45, 2.75) is 27.7 Å². The van der Waals surface area contributed by atoms with E-state index in [1.807, 2.05) is 13.8 Å². The zero-order valence-electron chi connectivity index (χ0n) is 9.92. The van der Waals surface area contributed by atoms with Gasteiger partial charge in [0, 0.05) is 0 Å². The summed E-state index contributed by atoms with van der Waals surface area (Å²) in [4.78, 5) is 15.2. The molecule has 0 spiro atoms. The van der Waals surface area contributed by atoms with Crippen LogP contribution < -0.4 is 5.73 Å². The summed E-state index contributed by atoms with van der Waals surface area (Å²) in [6.07, 6.45) is 0. The Morgan fingerprint density at radius 3 is 2.40 bits per heavy atom. The number of carbonyl (C=O) groups excluding carboxylic acids is 1. The van der Waals surface area contributed by atoms with Crippen LogP contribution in [0.5, 0.6) is 0 Å². The highest BCUT2D eigenvalue weighted by Gasteiger charge is 2.11. The minimum Gasteiger partial charge on any atom is -0.465 e. The number of aromatic nitrogens is 1. The molecule has 0 unspecified atom stereocenters. The highest BCUT2D eigenvalue weighted by atomic mass is 16.5. The second kappa shape index (κ2) is 6.01. The number of nitrogens with zero attached hydrogens (tertiary/aromatic N) is 1. The molecule has 0 aromatic carbocycles. The van der Waals surface area contributed by atoms with Crippen LogP contribution in [0, 0.1) is 13.8 Å². The zero-order valence-corrected chi connectivity index (χ0v) is 9.92. The minimum atomic E-state index is -0.381. The SMILES string of the molecule is CC.COC(=O)c1cc(C)c(N)nc1C. The van der Waals surface area contributed by atoms with E-state index in [-0.39, 0.29) is 5.97 Å². The predicted octanol–water partition coefficient (Wildman–Crippen LogP) is 2.09. The fourth-order valence-corrected chi connectivity index (χ4v) is 1.04. The van der Waals surface area contributed by atoms with E-state index >= 15 is 0 Å². The van der Waals surface area contributed by atoms with Crippen LogP contribution in [0.2, 0.25) is 0 Å². The lowest BCUT2D eigenvalue weighted by atomic mass is 10.1. The zero-order chi connectivity index (χ0) is 12.0. The van der Waals surface area contributed by atoms with Crippen molar-refractivity contribution in [3.05, 3.63) is 22.9 Å². The first-order valence-corrected chi connectivity index (χ1v) is 4.88. The van der Waals surface area contributed by atoms with Crippen LogP contribution in [0.4, 0.5) is 5.82 Å². The molecule has 0 atom stereocenters. The van der Waals surface area contributed by atoms with E-state index in [1.54, 1.807) is 19.9 Å². The molecule has 1 heterocycles. The standard InChI is InChI=1S/C9H12N2O2.C2H6/c1-5-4-7(9(12)13-3)6(2)11-8(5)10;1-2/h4H,1-3H3,(H2,10,11);1-2H3. The van der Waals surface area contributed by atoms with Gasteiger partial charge in [-0.3, -0.25) is 0 Å². The number of pyridine rings is 1. The van der Waals surface area contributed by atoms with Gasteiger partial charge in [-0.25, -0.2) is 9.78 Å². The first-order valence-electron chi connectivity index (χ1n) is 4.88. The Morgan fingerprint density at radius 1 is 1.40 bits per heavy atom. The molecule has 0 aliphatic heterocycles. The number of nitrogens with two attached hydrogens (primary N) is 1. The van der Waals surface area contributed by atoms with Crippen LogP contribution >= 0.6 is 0 Å². The van der Waals surface area contributed by atoms with Gasteiger partial charge in [-0.15, -0.1) is 0 Å². The molecular weight excluding hydrogens is 192 g/mol. The Labute approximate surface area is 90.5 Å². The largest absolute Gasteiger partial charge is 0.465 e. The third-order valence-electron chi connectivity index (χ3n) is 1.85. The molecule has 2 N–H and O–H groups in total. The molecule has 0 saturated carbocycles. The van der Waals surface area contributed by atoms with Crippen molar-refractivity contribution in [1.82, 2.24) is 4.98 Å². The summed E-state index contributed by atoms with van der Waals surface area (Å²) in [5.74, 6) is 0.0678. The fraction of sp³-hybridized carbons (Fsp3) is 0.455. The number of methoxy groups -OCH3 is 1. The van der Waals surface area contributed by atoms with Gasteiger partial charge in [0.05, 0.1) is 18.4 Å². The van der Waals surface area contributed by atoms with Crippen molar-refractivity contribution in [2.24, 2.45) is 0 Å². The summed E-state index contributed by atoms with van der Waals surface area (Å²) < 4.78 is 4.59. The average Bonchev–Trinajstić information content (AvgIpc) is 2.25. The Bertz CT molecular complexity index is 349. The van der Waals surface area contributed by atoms with Crippen LogP contribution in [0.15, 0.2) is 6.07 Å². The van der Waals surface area contributed by atoms with Gasteiger partial charge in [0.25, 0.3) is 0 Å². The van der Waals surface area contributed by atoms with Crippen molar-refractivity contribution in [1.29, 1.82) is 0 Å². The highest BCUT2D eigenvalue weighted by molar-refractivity contribution is 5.91. The van der Waals surface area contributed by atoms with E-state index < -0.39 is 0 Å². The molecule has 0 fully saturated rings. The van der Waals surface area contributed by atoms with Crippen LogP contribution in [-0.2, 0) is 4.74 Å². The minimum absolute atomic E-state index is 0.381. The first kappa shape index (κ1) is 13.4. The van der Waals surface area contributed by atoms with E-state index in [4.69, 9.17) is 5.73 Å². The Balaban J connectivity index is 0.000000921. The van der Waals surface area contributed by atoms with Gasteiger partial charge in [0.2, 0.25) is 0 Å². The number of carbonyl (C=O) groups is 1. The van der Waals surface area contributed by atoms with E-state index in [0.717, 1.165) is 5.56 Å². The number of hydrogen-bond donors (Lipinski definition) is 1. The summed E-state index contributed by atoms with van der Waals surface area (Å²) in [6, 6.07) is 1.68. The Morgan fingerprint density at radius 2 is 1.93 bits per heavy atom. The molecule has 4 nitrogen and oxygen atoms in total. The number of esters is 1. The molecule has 0 amide bonds. The van der Waals surface area contributed by atoms with Gasteiger partial charge in [0.1, 0.15) is 5.82 Å². The second-order valence-electron chi connectivity index (χ2n) is 2.82. The molecule has 1 rings (SSSR count). The molecule has 4 heteroatoms. The molecule has 0 aliphatic carbocycles. The lowest BCUT2D eigenvalue weighted by Gasteiger charge is -2.06. The second-order valence-corrected chi connectivity index (χ2v) is 2.82. The third-order valence-corrected chi connectivity index (χ3v) is 1.85. The van der Waals surface area contributed by atoms with Gasteiger partial charge in [-0.1, -0.05) is 13.8 Å². The maximum atomic E-state index is 11.2. The maximum Gasteiger partial charge on any atom is 0.339 e. The van der Waals surface area contributed by atoms with Crippen molar-refractivity contribution < 1.29 is 9.53 Å². The number of ether oxygens (including phenoxy) is 1. The van der Waals surface area contributed by atoms with E-state index in [0.29, 0.717) is 17.1 Å². The molecule has 0 radical (unpaired) electrons. The Kier molecular flexibility index (Phi) is 5.37. The average molecular weight is 210 g/mol. The third kappa shape index (κ3) is 3.23. The summed E-state index contributed by atoms with van der Waals surface area (Å²) in [6.45, 7) is 7.52. The molecule has 0 bridgehead atoms. The van der Waals surface area contributed by atoms with Gasteiger partial charge < -0.3 is 10.5 Å². The van der Waals surface area contributed by atoms with E-state index in [1.165, 1.54) is 7.11 Å².